The molecule has 0 amide bonds. The molecule has 0 aromatic rings. The minimum absolute atomic E-state index is 0.0833. The van der Waals surface area contributed by atoms with Gasteiger partial charge in [-0.3, -0.25) is 14.4 Å². The minimum Gasteiger partial charge on any atom is -0.462 e. The quantitative estimate of drug-likeness (QED) is 0.0262. The fraction of sp³-hybridized carbons (Fsp3) is 0.794. The molecule has 1 unspecified atom stereocenters. The number of hydrogen-bond acceptors (Lipinski definition) is 6. The summed E-state index contributed by atoms with van der Waals surface area (Å²) in [6, 6.07) is 0. The van der Waals surface area contributed by atoms with Gasteiger partial charge in [0.25, 0.3) is 0 Å². The number of carbonyl (C=O) groups is 3. The lowest BCUT2D eigenvalue weighted by atomic mass is 10.0. The molecule has 6 heteroatoms. The molecule has 0 N–H and O–H groups in total. The first-order chi connectivity index (χ1) is 34.0. The number of ether oxygens (including phenoxy) is 3. The predicted molar refractivity (Wildman–Crippen MR) is 298 cm³/mol. The summed E-state index contributed by atoms with van der Waals surface area (Å²) < 4.78 is 16.9. The molecule has 400 valence electrons. The molecule has 0 heterocycles. The first-order valence-electron chi connectivity index (χ1n) is 29.8. The topological polar surface area (TPSA) is 78.9 Å². The van der Waals surface area contributed by atoms with Crippen LogP contribution in [0.4, 0.5) is 0 Å². The van der Waals surface area contributed by atoms with E-state index < -0.39 is 6.10 Å². The molecule has 69 heavy (non-hydrogen) atoms. The molecular formula is C63H112O6. The van der Waals surface area contributed by atoms with Crippen LogP contribution in [0.25, 0.3) is 0 Å². The van der Waals surface area contributed by atoms with E-state index in [4.69, 9.17) is 14.2 Å². The van der Waals surface area contributed by atoms with E-state index in [1.165, 1.54) is 167 Å². The van der Waals surface area contributed by atoms with Gasteiger partial charge in [0, 0.05) is 19.3 Å². The van der Waals surface area contributed by atoms with Crippen LogP contribution in [0.1, 0.15) is 303 Å². The van der Waals surface area contributed by atoms with E-state index in [0.717, 1.165) is 96.3 Å². The summed E-state index contributed by atoms with van der Waals surface area (Å²) in [6.45, 7) is 6.60. The third-order valence-corrected chi connectivity index (χ3v) is 13.0. The van der Waals surface area contributed by atoms with Crippen LogP contribution in [0.3, 0.4) is 0 Å². The normalized spacial score (nSPS) is 12.4. The number of carbonyl (C=O) groups excluding carboxylic acids is 3. The average Bonchev–Trinajstić information content (AvgIpc) is 3.35. The Kier molecular flexibility index (Phi) is 55.3. The number of rotatable bonds is 54. The zero-order valence-corrected chi connectivity index (χ0v) is 45.8. The van der Waals surface area contributed by atoms with E-state index in [0.29, 0.717) is 19.3 Å². The van der Waals surface area contributed by atoms with Crippen LogP contribution >= 0.6 is 0 Å². The molecule has 0 bridgehead atoms. The summed E-state index contributed by atoms with van der Waals surface area (Å²) in [5.41, 5.74) is 0. The number of unbranched alkanes of at least 4 members (excludes halogenated alkanes) is 33. The van der Waals surface area contributed by atoms with Crippen molar-refractivity contribution in [3.63, 3.8) is 0 Å². The van der Waals surface area contributed by atoms with Crippen molar-refractivity contribution in [2.75, 3.05) is 13.2 Å². The van der Waals surface area contributed by atoms with Crippen molar-refractivity contribution in [3.8, 4) is 0 Å². The van der Waals surface area contributed by atoms with Crippen molar-refractivity contribution in [1.29, 1.82) is 0 Å². The Morgan fingerprint density at radius 1 is 0.290 bits per heavy atom. The molecule has 0 radical (unpaired) electrons. The Balaban J connectivity index is 4.38. The molecule has 0 aliphatic rings. The molecule has 0 saturated carbocycles. The summed E-state index contributed by atoms with van der Waals surface area (Å²) in [4.78, 5) is 38.2. The van der Waals surface area contributed by atoms with Gasteiger partial charge in [-0.05, 0) is 83.5 Å². The highest BCUT2D eigenvalue weighted by molar-refractivity contribution is 5.71. The van der Waals surface area contributed by atoms with Crippen LogP contribution < -0.4 is 0 Å². The minimum atomic E-state index is -0.784. The second-order valence-electron chi connectivity index (χ2n) is 19.9. The van der Waals surface area contributed by atoms with E-state index in [2.05, 4.69) is 81.5 Å². The van der Waals surface area contributed by atoms with Gasteiger partial charge in [-0.25, -0.2) is 0 Å². The average molecular weight is 966 g/mol. The van der Waals surface area contributed by atoms with Crippen molar-refractivity contribution < 1.29 is 28.6 Å². The summed E-state index contributed by atoms with van der Waals surface area (Å²) in [7, 11) is 0. The van der Waals surface area contributed by atoms with E-state index in [9.17, 15) is 14.4 Å². The lowest BCUT2D eigenvalue weighted by Crippen LogP contribution is -2.30. The Morgan fingerprint density at radius 3 is 0.855 bits per heavy atom. The third-order valence-electron chi connectivity index (χ3n) is 13.0. The van der Waals surface area contributed by atoms with Crippen LogP contribution in [-0.4, -0.2) is 37.2 Å². The number of esters is 3. The van der Waals surface area contributed by atoms with Gasteiger partial charge in [0.05, 0.1) is 0 Å². The summed E-state index contributed by atoms with van der Waals surface area (Å²) in [6.07, 6.45) is 72.1. The van der Waals surface area contributed by atoms with Crippen molar-refractivity contribution in [1.82, 2.24) is 0 Å². The van der Waals surface area contributed by atoms with Gasteiger partial charge < -0.3 is 14.2 Å². The van der Waals surface area contributed by atoms with Gasteiger partial charge in [0.15, 0.2) is 6.10 Å². The lowest BCUT2D eigenvalue weighted by molar-refractivity contribution is -0.167. The lowest BCUT2D eigenvalue weighted by Gasteiger charge is -2.18. The van der Waals surface area contributed by atoms with Crippen LogP contribution in [0.2, 0.25) is 0 Å². The Morgan fingerprint density at radius 2 is 0.536 bits per heavy atom. The fourth-order valence-electron chi connectivity index (χ4n) is 8.47. The van der Waals surface area contributed by atoms with Crippen molar-refractivity contribution in [3.05, 3.63) is 60.8 Å². The van der Waals surface area contributed by atoms with E-state index in [1.807, 2.05) is 0 Å². The van der Waals surface area contributed by atoms with Gasteiger partial charge in [0.2, 0.25) is 0 Å². The van der Waals surface area contributed by atoms with Gasteiger partial charge in [0.1, 0.15) is 13.2 Å². The maximum atomic E-state index is 12.9. The smallest absolute Gasteiger partial charge is 0.306 e. The fourth-order valence-corrected chi connectivity index (χ4v) is 8.47. The van der Waals surface area contributed by atoms with Gasteiger partial charge in [-0.1, -0.05) is 261 Å². The standard InChI is InChI=1S/C63H112O6/c1-4-7-10-13-16-19-22-25-28-30-31-32-33-34-36-38-41-44-47-50-53-56-62(65)68-59-60(58-67-61(64)55-52-49-46-43-40-37-27-24-21-18-15-12-9-6-3)69-63(66)57-54-51-48-45-42-39-35-29-26-23-20-17-14-11-8-5-2/h15,18,22,24-25,27,30-31,33-34,60H,4-14,16-17,19-21,23,26,28-29,32,35-59H2,1-3H3/b18-15-,25-22-,27-24-,31-30-,34-33-. The van der Waals surface area contributed by atoms with Crippen LogP contribution in [0, 0.1) is 0 Å². The SMILES string of the molecule is CCCC/C=C\C/C=C\CCCCCCCC(=O)OCC(COC(=O)CCCCCCCC/C=C\C/C=C\C/C=C\CCCCCCC)OC(=O)CCCCCCCCCCCCCCCCCC. The summed E-state index contributed by atoms with van der Waals surface area (Å²) in [5, 5.41) is 0. The molecule has 0 aliphatic heterocycles. The molecule has 0 aliphatic carbocycles. The molecule has 0 fully saturated rings. The zero-order chi connectivity index (χ0) is 50.0. The Bertz CT molecular complexity index is 1250. The molecule has 6 nitrogen and oxygen atoms in total. The van der Waals surface area contributed by atoms with E-state index >= 15 is 0 Å². The molecule has 0 spiro atoms. The summed E-state index contributed by atoms with van der Waals surface area (Å²) >= 11 is 0. The zero-order valence-electron chi connectivity index (χ0n) is 45.8. The van der Waals surface area contributed by atoms with Crippen molar-refractivity contribution >= 4 is 17.9 Å². The van der Waals surface area contributed by atoms with E-state index in [1.54, 1.807) is 0 Å². The molecular weight excluding hydrogens is 853 g/mol. The van der Waals surface area contributed by atoms with Gasteiger partial charge in [-0.15, -0.1) is 0 Å². The van der Waals surface area contributed by atoms with Crippen molar-refractivity contribution in [2.24, 2.45) is 0 Å². The second-order valence-corrected chi connectivity index (χ2v) is 19.9. The number of hydrogen-bond donors (Lipinski definition) is 0. The predicted octanol–water partition coefficient (Wildman–Crippen LogP) is 20.0. The highest BCUT2D eigenvalue weighted by Crippen LogP contribution is 2.16. The maximum absolute atomic E-state index is 12.9. The van der Waals surface area contributed by atoms with Crippen molar-refractivity contribution in [2.45, 2.75) is 309 Å². The van der Waals surface area contributed by atoms with Crippen LogP contribution in [-0.2, 0) is 28.6 Å². The molecule has 1 atom stereocenters. The largest absolute Gasteiger partial charge is 0.462 e. The highest BCUT2D eigenvalue weighted by atomic mass is 16.6. The first kappa shape index (κ1) is 66.1. The van der Waals surface area contributed by atoms with Gasteiger partial charge in [-0.2, -0.15) is 0 Å². The van der Waals surface area contributed by atoms with Crippen LogP contribution in [0.15, 0.2) is 60.8 Å². The highest BCUT2D eigenvalue weighted by Gasteiger charge is 2.19. The first-order valence-corrected chi connectivity index (χ1v) is 29.8. The maximum Gasteiger partial charge on any atom is 0.306 e. The molecule has 0 rings (SSSR count). The number of allylic oxidation sites excluding steroid dienone is 10. The Labute approximate surface area is 428 Å². The summed E-state index contributed by atoms with van der Waals surface area (Å²) in [5.74, 6) is -0.895. The second kappa shape index (κ2) is 57.7. The van der Waals surface area contributed by atoms with Crippen LogP contribution in [0.5, 0.6) is 0 Å². The Hall–Kier alpha value is -2.89. The molecule has 0 saturated heterocycles. The van der Waals surface area contributed by atoms with E-state index in [-0.39, 0.29) is 31.1 Å². The third kappa shape index (κ3) is 55.9. The molecule has 0 aromatic heterocycles. The van der Waals surface area contributed by atoms with Gasteiger partial charge >= 0.3 is 17.9 Å². The monoisotopic (exact) mass is 965 g/mol. The molecule has 0 aromatic carbocycles.